The maximum atomic E-state index is 3.63. The first-order valence-electron chi connectivity index (χ1n) is 8.22. The minimum absolute atomic E-state index is 0.376. The van der Waals surface area contributed by atoms with Gasteiger partial charge in [0.05, 0.1) is 0 Å². The van der Waals surface area contributed by atoms with Crippen molar-refractivity contribution in [2.24, 2.45) is 5.41 Å². The van der Waals surface area contributed by atoms with E-state index in [0.29, 0.717) is 5.41 Å². The molecule has 20 heavy (non-hydrogen) atoms. The summed E-state index contributed by atoms with van der Waals surface area (Å²) in [4.78, 5) is 2.60. The molecule has 0 saturated heterocycles. The first-order chi connectivity index (χ1) is 9.68. The van der Waals surface area contributed by atoms with Crippen LogP contribution >= 0.6 is 0 Å². The summed E-state index contributed by atoms with van der Waals surface area (Å²) in [5.41, 5.74) is 3.36. The Kier molecular flexibility index (Phi) is 5.47. The van der Waals surface area contributed by atoms with Crippen LogP contribution in [0.2, 0.25) is 0 Å². The molecule has 1 aliphatic rings. The highest BCUT2D eigenvalue weighted by Crippen LogP contribution is 2.32. The Bertz CT molecular complexity index is 416. The molecule has 2 heteroatoms. The molecule has 2 rings (SSSR count). The zero-order valence-electron chi connectivity index (χ0n) is 13.4. The van der Waals surface area contributed by atoms with Gasteiger partial charge in [0, 0.05) is 25.3 Å². The molecule has 0 aliphatic carbocycles. The summed E-state index contributed by atoms with van der Waals surface area (Å²) < 4.78 is 0. The Morgan fingerprint density at radius 2 is 2.00 bits per heavy atom. The van der Waals surface area contributed by atoms with Gasteiger partial charge in [-0.25, -0.2) is 0 Å². The van der Waals surface area contributed by atoms with Crippen LogP contribution in [-0.2, 0) is 6.42 Å². The molecule has 0 aromatic heterocycles. The van der Waals surface area contributed by atoms with Crippen LogP contribution in [0.4, 0.5) is 5.69 Å². The van der Waals surface area contributed by atoms with Gasteiger partial charge in [0.2, 0.25) is 0 Å². The predicted octanol–water partition coefficient (Wildman–Crippen LogP) is 3.86. The second-order valence-corrected chi connectivity index (χ2v) is 6.54. The molecule has 0 saturated carbocycles. The van der Waals surface area contributed by atoms with Gasteiger partial charge in [-0.1, -0.05) is 45.4 Å². The van der Waals surface area contributed by atoms with E-state index < -0.39 is 0 Å². The van der Waals surface area contributed by atoms with Crippen LogP contribution in [-0.4, -0.2) is 26.2 Å². The Hall–Kier alpha value is -1.02. The second-order valence-electron chi connectivity index (χ2n) is 6.54. The van der Waals surface area contributed by atoms with E-state index in [2.05, 4.69) is 55.3 Å². The fraction of sp³-hybridized carbons (Fsp3) is 0.667. The number of nitrogens with zero attached hydrogens (tertiary/aromatic N) is 1. The van der Waals surface area contributed by atoms with Crippen LogP contribution in [0.5, 0.6) is 0 Å². The normalized spacial score (nSPS) is 17.1. The Balaban J connectivity index is 2.01. The van der Waals surface area contributed by atoms with Gasteiger partial charge >= 0.3 is 0 Å². The Morgan fingerprint density at radius 3 is 2.75 bits per heavy atom. The molecule has 0 fully saturated rings. The van der Waals surface area contributed by atoms with E-state index in [0.717, 1.165) is 13.1 Å². The van der Waals surface area contributed by atoms with Crippen molar-refractivity contribution in [2.75, 3.05) is 31.1 Å². The van der Waals surface area contributed by atoms with E-state index in [4.69, 9.17) is 0 Å². The van der Waals surface area contributed by atoms with Gasteiger partial charge in [0.1, 0.15) is 0 Å². The molecule has 1 aromatic carbocycles. The van der Waals surface area contributed by atoms with E-state index in [9.17, 15) is 0 Å². The summed E-state index contributed by atoms with van der Waals surface area (Å²) in [6, 6.07) is 8.90. The van der Waals surface area contributed by atoms with Crippen LogP contribution in [0.15, 0.2) is 24.3 Å². The van der Waals surface area contributed by atoms with Gasteiger partial charge in [-0.2, -0.15) is 0 Å². The molecule has 1 aliphatic heterocycles. The lowest BCUT2D eigenvalue weighted by molar-refractivity contribution is 0.282. The van der Waals surface area contributed by atoms with Crippen molar-refractivity contribution in [3.8, 4) is 0 Å². The lowest BCUT2D eigenvalue weighted by atomic mass is 9.84. The molecule has 0 spiro atoms. The molecule has 112 valence electrons. The smallest absolute Gasteiger partial charge is 0.0399 e. The number of anilines is 1. The van der Waals surface area contributed by atoms with Crippen molar-refractivity contribution in [2.45, 2.75) is 46.5 Å². The third-order valence-corrected chi connectivity index (χ3v) is 4.39. The molecule has 0 radical (unpaired) electrons. The molecule has 0 bridgehead atoms. The monoisotopic (exact) mass is 274 g/mol. The molecule has 1 atom stereocenters. The molecular weight excluding hydrogens is 244 g/mol. The molecule has 1 unspecified atom stereocenters. The molecule has 0 amide bonds. The molecule has 1 heterocycles. The zero-order valence-corrected chi connectivity index (χ0v) is 13.4. The van der Waals surface area contributed by atoms with Crippen molar-refractivity contribution in [3.05, 3.63) is 29.8 Å². The van der Waals surface area contributed by atoms with Crippen LogP contribution in [0.3, 0.4) is 0 Å². The zero-order chi connectivity index (χ0) is 14.4. The number of para-hydroxylation sites is 1. The van der Waals surface area contributed by atoms with Crippen molar-refractivity contribution in [3.63, 3.8) is 0 Å². The van der Waals surface area contributed by atoms with E-state index in [-0.39, 0.29) is 0 Å². The lowest BCUT2D eigenvalue weighted by Crippen LogP contribution is -2.42. The average Bonchev–Trinajstić information content (AvgIpc) is 2.83. The number of hydrogen-bond acceptors (Lipinski definition) is 2. The minimum Gasteiger partial charge on any atom is -0.370 e. The number of benzene rings is 1. The van der Waals surface area contributed by atoms with Crippen molar-refractivity contribution >= 4 is 5.69 Å². The highest BCUT2D eigenvalue weighted by molar-refractivity contribution is 5.57. The maximum Gasteiger partial charge on any atom is 0.0399 e. The van der Waals surface area contributed by atoms with E-state index in [1.54, 1.807) is 0 Å². The van der Waals surface area contributed by atoms with Crippen molar-refractivity contribution in [1.29, 1.82) is 0 Å². The third kappa shape index (κ3) is 3.76. The third-order valence-electron chi connectivity index (χ3n) is 4.39. The van der Waals surface area contributed by atoms with Gasteiger partial charge in [-0.15, -0.1) is 0 Å². The van der Waals surface area contributed by atoms with Gasteiger partial charge in [0.25, 0.3) is 0 Å². The quantitative estimate of drug-likeness (QED) is 0.724. The van der Waals surface area contributed by atoms with E-state index in [1.807, 2.05) is 0 Å². The summed E-state index contributed by atoms with van der Waals surface area (Å²) in [6.07, 6.45) is 4.98. The highest BCUT2D eigenvalue weighted by atomic mass is 15.2. The summed E-state index contributed by atoms with van der Waals surface area (Å²) in [7, 11) is 0. The molecule has 1 aromatic rings. The summed E-state index contributed by atoms with van der Waals surface area (Å²) in [6.45, 7) is 11.6. The second kappa shape index (κ2) is 7.12. The van der Waals surface area contributed by atoms with Crippen LogP contribution in [0, 0.1) is 5.41 Å². The van der Waals surface area contributed by atoms with Crippen molar-refractivity contribution < 1.29 is 0 Å². The van der Waals surface area contributed by atoms with E-state index in [1.165, 1.54) is 50.0 Å². The number of fused-ring (bicyclic) bond motifs is 1. The SMILES string of the molecule is CCCNCC(C)(CCC)CN1CCc2ccccc21. The highest BCUT2D eigenvalue weighted by Gasteiger charge is 2.29. The number of rotatable bonds is 8. The first-order valence-corrected chi connectivity index (χ1v) is 8.22. The lowest BCUT2D eigenvalue weighted by Gasteiger charge is -2.35. The van der Waals surface area contributed by atoms with E-state index >= 15 is 0 Å². The van der Waals surface area contributed by atoms with Crippen LogP contribution < -0.4 is 10.2 Å². The summed E-state index contributed by atoms with van der Waals surface area (Å²) in [5.74, 6) is 0. The van der Waals surface area contributed by atoms with Gasteiger partial charge in [0.15, 0.2) is 0 Å². The maximum absolute atomic E-state index is 3.63. The minimum atomic E-state index is 0.376. The van der Waals surface area contributed by atoms with Crippen molar-refractivity contribution in [1.82, 2.24) is 5.32 Å². The standard InChI is InChI=1S/C18H30N2/c1-4-11-18(3,14-19-12-5-2)15-20-13-10-16-8-6-7-9-17(16)20/h6-9,19H,4-5,10-15H2,1-3H3. The number of hydrogen-bond donors (Lipinski definition) is 1. The number of nitrogens with one attached hydrogen (secondary N) is 1. The summed E-state index contributed by atoms with van der Waals surface area (Å²) in [5, 5.41) is 3.63. The van der Waals surface area contributed by atoms with Gasteiger partial charge in [-0.05, 0) is 42.9 Å². The predicted molar refractivity (Wildman–Crippen MR) is 88.5 cm³/mol. The molecule has 2 nitrogen and oxygen atoms in total. The Labute approximate surface area is 124 Å². The van der Waals surface area contributed by atoms with Gasteiger partial charge in [-0.3, -0.25) is 0 Å². The van der Waals surface area contributed by atoms with Crippen LogP contribution in [0.25, 0.3) is 0 Å². The fourth-order valence-corrected chi connectivity index (χ4v) is 3.43. The summed E-state index contributed by atoms with van der Waals surface area (Å²) >= 11 is 0. The molecular formula is C18H30N2. The Morgan fingerprint density at radius 1 is 1.20 bits per heavy atom. The topological polar surface area (TPSA) is 15.3 Å². The first kappa shape index (κ1) is 15.4. The van der Waals surface area contributed by atoms with Crippen LogP contribution in [0.1, 0.15) is 45.6 Å². The molecule has 1 N–H and O–H groups in total. The largest absolute Gasteiger partial charge is 0.370 e. The fourth-order valence-electron chi connectivity index (χ4n) is 3.43. The van der Waals surface area contributed by atoms with Gasteiger partial charge < -0.3 is 10.2 Å². The average molecular weight is 274 g/mol.